The number of rotatable bonds is 13. The molecule has 55 heavy (non-hydrogen) atoms. The maximum atomic E-state index is 11.9. The number of carboxylic acids is 1. The molecule has 1 saturated heterocycles. The van der Waals surface area contributed by atoms with Crippen LogP contribution >= 0.6 is 23.2 Å². The van der Waals surface area contributed by atoms with Gasteiger partial charge in [-0.3, -0.25) is 20.0 Å². The zero-order chi connectivity index (χ0) is 38.7. The summed E-state index contributed by atoms with van der Waals surface area (Å²) in [4.78, 5) is 23.1. The Kier molecular flexibility index (Phi) is 11.4. The molecule has 1 aliphatic carbocycles. The molecule has 282 valence electrons. The molecule has 2 aliphatic rings. The fourth-order valence-corrected chi connectivity index (χ4v) is 8.09. The van der Waals surface area contributed by atoms with Crippen LogP contribution < -0.4 is 14.8 Å². The molecule has 0 bridgehead atoms. The molecule has 12 heteroatoms. The van der Waals surface area contributed by atoms with Crippen molar-refractivity contribution in [2.24, 2.45) is 0 Å². The van der Waals surface area contributed by atoms with E-state index in [1.165, 1.54) is 18.7 Å². The quantitative estimate of drug-likeness (QED) is 0.107. The lowest BCUT2D eigenvalue weighted by Gasteiger charge is -2.26. The summed E-state index contributed by atoms with van der Waals surface area (Å²) in [6, 6.07) is 26.5. The number of carbonyl (C=O) groups is 1. The summed E-state index contributed by atoms with van der Waals surface area (Å²) < 4.78 is 12.8. The summed E-state index contributed by atoms with van der Waals surface area (Å²) in [6.45, 7) is 1.77. The molecule has 0 radical (unpaired) electrons. The second kappa shape index (κ2) is 16.4. The normalized spacial score (nSPS) is 17.7. The van der Waals surface area contributed by atoms with E-state index in [1.807, 2.05) is 24.3 Å². The minimum Gasteiger partial charge on any atom is -0.480 e. The molecule has 3 atom stereocenters. The van der Waals surface area contributed by atoms with Crippen LogP contribution in [-0.4, -0.2) is 56.8 Å². The molecule has 1 unspecified atom stereocenters. The summed E-state index contributed by atoms with van der Waals surface area (Å²) in [7, 11) is 2.17. The molecule has 3 aromatic carbocycles. The third kappa shape index (κ3) is 7.90. The number of pyridine rings is 2. The third-order valence-corrected chi connectivity index (χ3v) is 11.3. The van der Waals surface area contributed by atoms with Crippen LogP contribution in [0.4, 0.5) is 0 Å². The lowest BCUT2D eigenvalue weighted by molar-refractivity contribution is -0.145. The van der Waals surface area contributed by atoms with Gasteiger partial charge in [-0.2, -0.15) is 10.2 Å². The Hall–Kier alpha value is -5.02. The van der Waals surface area contributed by atoms with Gasteiger partial charge in [0, 0.05) is 47.2 Å². The number of aliphatic carboxylic acids is 1. The largest absolute Gasteiger partial charge is 0.480 e. The van der Waals surface area contributed by atoms with Crippen molar-refractivity contribution in [2.45, 2.75) is 63.4 Å². The highest BCUT2D eigenvalue weighted by molar-refractivity contribution is 6.36. The predicted octanol–water partition coefficient (Wildman–Crippen LogP) is 8.33. The van der Waals surface area contributed by atoms with E-state index in [1.54, 1.807) is 18.3 Å². The minimum absolute atomic E-state index is 0.0245. The number of nitrogens with one attached hydrogen (secondary N) is 1. The van der Waals surface area contributed by atoms with Gasteiger partial charge in [0.2, 0.25) is 11.8 Å². The van der Waals surface area contributed by atoms with Crippen molar-refractivity contribution in [3.8, 4) is 40.1 Å². The average Bonchev–Trinajstić information content (AvgIpc) is 3.83. The van der Waals surface area contributed by atoms with E-state index in [4.69, 9.17) is 37.7 Å². The number of halogens is 2. The van der Waals surface area contributed by atoms with Crippen molar-refractivity contribution in [2.75, 3.05) is 20.2 Å². The van der Waals surface area contributed by atoms with Gasteiger partial charge in [0.05, 0.1) is 17.2 Å². The van der Waals surface area contributed by atoms with Crippen molar-refractivity contribution < 1.29 is 24.5 Å². The monoisotopic (exact) mass is 777 g/mol. The average molecular weight is 779 g/mol. The van der Waals surface area contributed by atoms with Crippen LogP contribution in [0.2, 0.25) is 10.0 Å². The molecule has 10 nitrogen and oxygen atoms in total. The van der Waals surface area contributed by atoms with Crippen molar-refractivity contribution in [1.82, 2.24) is 20.2 Å². The second-order valence-electron chi connectivity index (χ2n) is 14.3. The molecular weight excluding hydrogens is 737 g/mol. The highest BCUT2D eigenvalue weighted by Gasteiger charge is 2.34. The molecule has 7 rings (SSSR count). The topological polar surface area (TPSA) is 141 Å². The van der Waals surface area contributed by atoms with E-state index in [2.05, 4.69) is 64.7 Å². The Balaban J connectivity index is 1.23. The number of aromatic nitrogens is 2. The molecular formula is C43H41Cl2N5O5. The van der Waals surface area contributed by atoms with Gasteiger partial charge in [0.25, 0.3) is 0 Å². The van der Waals surface area contributed by atoms with Gasteiger partial charge in [0.1, 0.15) is 29.3 Å². The maximum Gasteiger partial charge on any atom is 0.326 e. The van der Waals surface area contributed by atoms with Crippen LogP contribution in [0.15, 0.2) is 85.2 Å². The van der Waals surface area contributed by atoms with Gasteiger partial charge >= 0.3 is 5.97 Å². The molecule has 1 aliphatic heterocycles. The van der Waals surface area contributed by atoms with E-state index in [-0.39, 0.29) is 42.1 Å². The van der Waals surface area contributed by atoms with E-state index in [0.29, 0.717) is 23.1 Å². The van der Waals surface area contributed by atoms with Gasteiger partial charge in [0.15, 0.2) is 0 Å². The number of carboxylic acid groups (broad SMARTS) is 1. The van der Waals surface area contributed by atoms with Crippen LogP contribution in [0.5, 0.6) is 11.8 Å². The zero-order valence-corrected chi connectivity index (χ0v) is 32.1. The number of aliphatic hydroxyl groups is 1. The summed E-state index contributed by atoms with van der Waals surface area (Å²) in [5, 5.41) is 32.7. The van der Waals surface area contributed by atoms with Crippen molar-refractivity contribution >= 4 is 29.2 Å². The number of likely N-dealkylation sites (tertiary alicyclic amines) is 1. The molecule has 1 fully saturated rings. The Morgan fingerprint density at radius 1 is 1.04 bits per heavy atom. The number of nitriles is 1. The number of benzene rings is 3. The standard InChI is InChI=1S/C43H41Cl2N5O5/c1-43(25-51,42(52)53)48-23-29-19-35(44)41(49-40(29)54-24-27-18-26(20-46)21-47-22-27)55-37-16-15-31-32(37)10-6-11-33(31)38-34(36-12-7-17-50(36)2)14-13-30(39(38)45)28-8-4-3-5-9-28/h3-6,8-11,13-14,18-19,21-22,36-37,48,51H,7,12,15-17,23-25H2,1-2H3,(H,52,53)/t36?,37-,43-/m0/s1. The number of ether oxygens (including phenoxy) is 2. The van der Waals surface area contributed by atoms with Gasteiger partial charge in [-0.05, 0) is 86.1 Å². The Morgan fingerprint density at radius 2 is 1.85 bits per heavy atom. The Labute approximate surface area is 330 Å². The lowest BCUT2D eigenvalue weighted by atomic mass is 9.87. The third-order valence-electron chi connectivity index (χ3n) is 10.6. The number of fused-ring (bicyclic) bond motifs is 1. The number of hydrogen-bond acceptors (Lipinski definition) is 9. The van der Waals surface area contributed by atoms with E-state index < -0.39 is 18.1 Å². The molecule has 0 saturated carbocycles. The highest BCUT2D eigenvalue weighted by Crippen LogP contribution is 2.48. The summed E-state index contributed by atoms with van der Waals surface area (Å²) in [5.41, 5.74) is 7.44. The van der Waals surface area contributed by atoms with Crippen molar-refractivity contribution in [1.29, 1.82) is 5.26 Å². The smallest absolute Gasteiger partial charge is 0.326 e. The second-order valence-corrected chi connectivity index (χ2v) is 15.1. The lowest BCUT2D eigenvalue weighted by Crippen LogP contribution is -2.52. The summed E-state index contributed by atoms with van der Waals surface area (Å²) in [6.07, 6.45) is 6.29. The first-order valence-electron chi connectivity index (χ1n) is 18.2. The van der Waals surface area contributed by atoms with Gasteiger partial charge < -0.3 is 19.7 Å². The first kappa shape index (κ1) is 38.3. The van der Waals surface area contributed by atoms with Crippen LogP contribution in [0.1, 0.15) is 71.7 Å². The summed E-state index contributed by atoms with van der Waals surface area (Å²) in [5.74, 6) is -0.902. The molecule has 0 amide bonds. The van der Waals surface area contributed by atoms with Gasteiger partial charge in [-0.15, -0.1) is 0 Å². The molecule has 3 heterocycles. The van der Waals surface area contributed by atoms with Crippen molar-refractivity contribution in [3.05, 3.63) is 129 Å². The number of aliphatic hydroxyl groups excluding tert-OH is 1. The van der Waals surface area contributed by atoms with Crippen molar-refractivity contribution in [3.63, 3.8) is 0 Å². The summed E-state index contributed by atoms with van der Waals surface area (Å²) >= 11 is 14.3. The Bertz CT molecular complexity index is 2270. The molecule has 0 spiro atoms. The van der Waals surface area contributed by atoms with Crippen LogP contribution in [0.3, 0.4) is 0 Å². The number of hydrogen-bond donors (Lipinski definition) is 3. The SMILES string of the molecule is CN1CCCC1c1ccc(-c2ccccc2)c(Cl)c1-c1cccc2c1CC[C@@H]2Oc1nc(OCc2cncc(C#N)c2)c(CN[C@@](C)(CO)C(=O)O)cc1Cl. The van der Waals surface area contributed by atoms with E-state index >= 15 is 0 Å². The van der Waals surface area contributed by atoms with Crippen LogP contribution in [0, 0.1) is 11.3 Å². The first-order valence-corrected chi connectivity index (χ1v) is 19.0. The molecule has 3 N–H and O–H groups in total. The van der Waals surface area contributed by atoms with Crippen LogP contribution in [-0.2, 0) is 24.4 Å². The Morgan fingerprint density at radius 3 is 2.58 bits per heavy atom. The van der Waals surface area contributed by atoms with Crippen LogP contribution in [0.25, 0.3) is 22.3 Å². The fourth-order valence-electron chi connectivity index (χ4n) is 7.49. The zero-order valence-electron chi connectivity index (χ0n) is 30.6. The number of nitrogens with zero attached hydrogens (tertiary/aromatic N) is 4. The van der Waals surface area contributed by atoms with Gasteiger partial charge in [-0.25, -0.2) is 0 Å². The highest BCUT2D eigenvalue weighted by atomic mass is 35.5. The fraction of sp³-hybridized carbons (Fsp3) is 0.302. The first-order chi connectivity index (χ1) is 26.6. The molecule has 5 aromatic rings. The minimum atomic E-state index is -1.62. The predicted molar refractivity (Wildman–Crippen MR) is 211 cm³/mol. The van der Waals surface area contributed by atoms with Gasteiger partial charge in [-0.1, -0.05) is 83.9 Å². The maximum absolute atomic E-state index is 11.9. The van der Waals surface area contributed by atoms with E-state index in [0.717, 1.165) is 64.2 Å². The van der Waals surface area contributed by atoms with E-state index in [9.17, 15) is 20.3 Å². The molecule has 2 aromatic heterocycles.